The molecule has 0 radical (unpaired) electrons. The number of hydrazine groups is 1. The monoisotopic (exact) mass is 717 g/mol. The number of aromatic nitrogens is 4. The van der Waals surface area contributed by atoms with Crippen molar-refractivity contribution in [1.82, 2.24) is 35.4 Å². The molecule has 2 aliphatic rings. The molecular formula is C37H47N7O8. The van der Waals surface area contributed by atoms with E-state index in [2.05, 4.69) is 38.4 Å². The number of carbonyl (C=O) groups is 3. The van der Waals surface area contributed by atoms with Crippen molar-refractivity contribution in [2.45, 2.75) is 97.1 Å². The van der Waals surface area contributed by atoms with Gasteiger partial charge in [0.1, 0.15) is 23.8 Å². The molecule has 15 heteroatoms. The number of carbonyl (C=O) groups excluding carboxylic acids is 2. The lowest BCUT2D eigenvalue weighted by molar-refractivity contribution is -0.147. The number of nitrogens with zero attached hydrogens (tertiary/aromatic N) is 5. The van der Waals surface area contributed by atoms with Crippen LogP contribution in [-0.2, 0) is 32.0 Å². The summed E-state index contributed by atoms with van der Waals surface area (Å²) in [7, 11) is 1.67. The first-order valence-electron chi connectivity index (χ1n) is 17.5. The number of alkyl carbamates (subject to hydrolysis) is 1. The Morgan fingerprint density at radius 2 is 1.94 bits per heavy atom. The summed E-state index contributed by atoms with van der Waals surface area (Å²) in [6.45, 7) is 12.1. The van der Waals surface area contributed by atoms with E-state index in [0.29, 0.717) is 24.9 Å². The number of hydrogen-bond acceptors (Lipinski definition) is 11. The summed E-state index contributed by atoms with van der Waals surface area (Å²) in [6, 6.07) is 7.76. The van der Waals surface area contributed by atoms with Crippen LogP contribution >= 0.6 is 0 Å². The number of carboxylic acid groups (broad SMARTS) is 1. The van der Waals surface area contributed by atoms with Crippen molar-refractivity contribution in [3.63, 3.8) is 0 Å². The van der Waals surface area contributed by atoms with Crippen LogP contribution in [0.2, 0.25) is 0 Å². The first kappa shape index (κ1) is 36.9. The molecule has 1 aliphatic carbocycles. The standard InChI is InChI=1S/C37H47N7O8/c1-8-43-25-14-13-20(17-22(25)27-28(37(5,6)19-45)31(50-7)29-21(30(27)43)11-9-15-38-29)32-40-26(52-42-32)18-24(39-35(49)51-36(2,3)4)33(46)44-16-10-12-23(41-44)34(47)48/h9,11,13-15,17,23-24,28,31,41,45H,8,10,12,16,18-19H2,1-7H3,(H,39,49)(H,47,48)/t23-,24-,28?,31-/m0/s1. The maximum Gasteiger partial charge on any atom is 0.408 e. The number of aliphatic hydroxyl groups is 1. The maximum absolute atomic E-state index is 13.7. The zero-order valence-corrected chi connectivity index (χ0v) is 30.6. The first-order chi connectivity index (χ1) is 24.7. The molecule has 4 atom stereocenters. The minimum absolute atomic E-state index is 0.0764. The summed E-state index contributed by atoms with van der Waals surface area (Å²) in [5, 5.41) is 29.2. The second kappa shape index (κ2) is 14.3. The topological polar surface area (TPSA) is 194 Å². The third-order valence-corrected chi connectivity index (χ3v) is 9.74. The van der Waals surface area contributed by atoms with Crippen LogP contribution in [0.3, 0.4) is 0 Å². The van der Waals surface area contributed by atoms with Crippen molar-refractivity contribution < 1.29 is 38.6 Å². The molecule has 1 saturated heterocycles. The summed E-state index contributed by atoms with van der Waals surface area (Å²) in [6.07, 6.45) is 1.19. The Morgan fingerprint density at radius 3 is 2.62 bits per heavy atom. The van der Waals surface area contributed by atoms with Crippen molar-refractivity contribution in [2.75, 3.05) is 20.3 Å². The predicted molar refractivity (Wildman–Crippen MR) is 190 cm³/mol. The van der Waals surface area contributed by atoms with E-state index < -0.39 is 47.2 Å². The number of fused-ring (bicyclic) bond motifs is 5. The van der Waals surface area contributed by atoms with Gasteiger partial charge in [0, 0.05) is 61.0 Å². The highest BCUT2D eigenvalue weighted by Crippen LogP contribution is 2.56. The van der Waals surface area contributed by atoms with Gasteiger partial charge in [-0.3, -0.25) is 19.6 Å². The van der Waals surface area contributed by atoms with Crippen molar-refractivity contribution in [3.8, 4) is 22.6 Å². The Kier molecular flexibility index (Phi) is 10.1. The van der Waals surface area contributed by atoms with Crippen LogP contribution in [0.1, 0.15) is 83.6 Å². The number of aliphatic carboxylic acids is 1. The highest BCUT2D eigenvalue weighted by molar-refractivity contribution is 5.96. The molecule has 15 nitrogen and oxygen atoms in total. The average molecular weight is 718 g/mol. The number of benzene rings is 1. The third-order valence-electron chi connectivity index (χ3n) is 9.74. The molecule has 1 aromatic carbocycles. The van der Waals surface area contributed by atoms with Crippen LogP contribution < -0.4 is 10.7 Å². The molecule has 4 aromatic rings. The Hall–Kier alpha value is -4.86. The first-order valence-corrected chi connectivity index (χ1v) is 17.5. The highest BCUT2D eigenvalue weighted by Gasteiger charge is 2.46. The maximum atomic E-state index is 13.7. The molecule has 0 saturated carbocycles. The quantitative estimate of drug-likeness (QED) is 0.179. The summed E-state index contributed by atoms with van der Waals surface area (Å²) in [5.41, 5.74) is 6.86. The molecule has 4 heterocycles. The minimum atomic E-state index is -1.20. The van der Waals surface area contributed by atoms with Gasteiger partial charge in [-0.2, -0.15) is 4.98 Å². The molecule has 2 amide bonds. The minimum Gasteiger partial charge on any atom is -0.480 e. The van der Waals surface area contributed by atoms with E-state index in [0.717, 1.165) is 33.4 Å². The van der Waals surface area contributed by atoms with Gasteiger partial charge in [-0.15, -0.1) is 0 Å². The van der Waals surface area contributed by atoms with Crippen molar-refractivity contribution in [2.24, 2.45) is 5.41 Å². The van der Waals surface area contributed by atoms with Gasteiger partial charge in [-0.05, 0) is 81.8 Å². The number of aryl methyl sites for hydroxylation is 1. The lowest BCUT2D eigenvalue weighted by atomic mass is 9.67. The van der Waals surface area contributed by atoms with Crippen molar-refractivity contribution in [3.05, 3.63) is 53.7 Å². The summed E-state index contributed by atoms with van der Waals surface area (Å²) in [5.74, 6) is -1.53. The van der Waals surface area contributed by atoms with Gasteiger partial charge in [0.25, 0.3) is 5.91 Å². The Bertz CT molecular complexity index is 1980. The molecule has 1 aliphatic heterocycles. The van der Waals surface area contributed by atoms with Crippen LogP contribution in [0.5, 0.6) is 0 Å². The lowest BCUT2D eigenvalue weighted by Gasteiger charge is -2.41. The zero-order valence-electron chi connectivity index (χ0n) is 30.6. The number of rotatable bonds is 10. The SMILES string of the molecule is CCn1c2c(c3cc(-c4noc(C[C@H](NC(=O)OC(C)(C)C)C(=O)N5CCC[C@@H](C(=O)O)N5)n4)ccc31)C(C(C)(C)CO)[C@H](OC)c1ncccc1-2. The second-order valence-electron chi connectivity index (χ2n) is 15.0. The van der Waals surface area contributed by atoms with Gasteiger partial charge >= 0.3 is 12.1 Å². The van der Waals surface area contributed by atoms with Crippen LogP contribution in [-0.4, -0.2) is 90.8 Å². The molecule has 0 spiro atoms. The molecule has 52 heavy (non-hydrogen) atoms. The zero-order chi connectivity index (χ0) is 37.5. The summed E-state index contributed by atoms with van der Waals surface area (Å²) < 4.78 is 19.5. The Morgan fingerprint density at radius 1 is 1.17 bits per heavy atom. The number of carboxylic acids is 1. The molecule has 1 fully saturated rings. The smallest absolute Gasteiger partial charge is 0.408 e. The fourth-order valence-corrected chi connectivity index (χ4v) is 7.34. The van der Waals surface area contributed by atoms with E-state index in [9.17, 15) is 24.6 Å². The Labute approximate surface area is 301 Å². The van der Waals surface area contributed by atoms with Gasteiger partial charge in [-0.25, -0.2) is 10.2 Å². The van der Waals surface area contributed by atoms with Crippen LogP contribution in [0.4, 0.5) is 4.79 Å². The number of ether oxygens (including phenoxy) is 2. The Balaban J connectivity index is 1.38. The molecule has 4 N–H and O–H groups in total. The van der Waals surface area contributed by atoms with Crippen molar-refractivity contribution in [1.29, 1.82) is 0 Å². The molecule has 3 aromatic heterocycles. The fourth-order valence-electron chi connectivity index (χ4n) is 7.34. The van der Waals surface area contributed by atoms with E-state index >= 15 is 0 Å². The number of aliphatic hydroxyl groups excluding tert-OH is 1. The van der Waals surface area contributed by atoms with Gasteiger partial charge in [0.2, 0.25) is 11.7 Å². The van der Waals surface area contributed by atoms with E-state index in [1.807, 2.05) is 38.1 Å². The third kappa shape index (κ3) is 6.99. The molecular weight excluding hydrogens is 670 g/mol. The van der Waals surface area contributed by atoms with Gasteiger partial charge < -0.3 is 34.1 Å². The van der Waals surface area contributed by atoms with Gasteiger partial charge in [-0.1, -0.05) is 19.0 Å². The average Bonchev–Trinajstić information content (AvgIpc) is 3.71. The predicted octanol–water partition coefficient (Wildman–Crippen LogP) is 4.59. The van der Waals surface area contributed by atoms with Gasteiger partial charge in [0.05, 0.1) is 17.8 Å². The van der Waals surface area contributed by atoms with E-state index in [1.165, 1.54) is 5.01 Å². The molecule has 0 bridgehead atoms. The summed E-state index contributed by atoms with van der Waals surface area (Å²) >= 11 is 0. The van der Waals surface area contributed by atoms with E-state index in [1.54, 1.807) is 34.1 Å². The number of nitrogens with one attached hydrogen (secondary N) is 2. The van der Waals surface area contributed by atoms with Crippen LogP contribution in [0.15, 0.2) is 41.1 Å². The number of hydrogen-bond donors (Lipinski definition) is 4. The lowest BCUT2D eigenvalue weighted by Crippen LogP contribution is -2.60. The van der Waals surface area contributed by atoms with Gasteiger partial charge in [0.15, 0.2) is 0 Å². The normalized spacial score (nSPS) is 19.5. The number of pyridine rings is 1. The van der Waals surface area contributed by atoms with Crippen LogP contribution in [0, 0.1) is 5.41 Å². The molecule has 6 rings (SSSR count). The fraction of sp³-hybridized carbons (Fsp3) is 0.514. The largest absolute Gasteiger partial charge is 0.480 e. The van der Waals surface area contributed by atoms with E-state index in [4.69, 9.17) is 19.0 Å². The highest BCUT2D eigenvalue weighted by atomic mass is 16.6. The van der Waals surface area contributed by atoms with E-state index in [-0.39, 0.29) is 37.2 Å². The number of amides is 2. The van der Waals surface area contributed by atoms with Crippen LogP contribution in [0.25, 0.3) is 33.5 Å². The second-order valence-corrected chi connectivity index (χ2v) is 15.0. The number of methoxy groups -OCH3 is 1. The van der Waals surface area contributed by atoms with Crippen molar-refractivity contribution >= 4 is 28.9 Å². The molecule has 278 valence electrons. The molecule has 1 unspecified atom stereocenters. The summed E-state index contributed by atoms with van der Waals surface area (Å²) in [4.78, 5) is 47.6.